The number of carbonyl (C=O) groups excluding carboxylic acids is 2. The molecule has 0 aromatic rings. The van der Waals surface area contributed by atoms with E-state index < -0.39 is 17.6 Å². The van der Waals surface area contributed by atoms with E-state index in [2.05, 4.69) is 10.6 Å². The molecule has 2 heterocycles. The van der Waals surface area contributed by atoms with Gasteiger partial charge in [0.05, 0.1) is 6.04 Å². The molecule has 2 aliphatic rings. The van der Waals surface area contributed by atoms with Crippen LogP contribution in [0.2, 0.25) is 0 Å². The van der Waals surface area contributed by atoms with Crippen molar-refractivity contribution in [1.29, 1.82) is 0 Å². The van der Waals surface area contributed by atoms with Gasteiger partial charge in [0.2, 0.25) is 0 Å². The molecule has 20 heavy (non-hydrogen) atoms. The van der Waals surface area contributed by atoms with Gasteiger partial charge in [0.1, 0.15) is 0 Å². The number of ether oxygens (including phenoxy) is 1. The molecule has 0 aromatic carbocycles. The largest absolute Gasteiger partial charge is 0.367 e. The summed E-state index contributed by atoms with van der Waals surface area (Å²) in [6, 6.07) is -0.690. The molecule has 4 N–H and O–H groups in total. The van der Waals surface area contributed by atoms with Crippen LogP contribution in [0.3, 0.4) is 0 Å². The van der Waals surface area contributed by atoms with Crippen molar-refractivity contribution >= 4 is 11.9 Å². The first kappa shape index (κ1) is 14.8. The highest BCUT2D eigenvalue weighted by atomic mass is 16.5. The molecule has 0 bridgehead atoms. The Kier molecular flexibility index (Phi) is 4.29. The summed E-state index contributed by atoms with van der Waals surface area (Å²) in [6.07, 6.45) is 3.68. The van der Waals surface area contributed by atoms with Crippen LogP contribution in [0.5, 0.6) is 0 Å². The van der Waals surface area contributed by atoms with Crippen LogP contribution < -0.4 is 16.4 Å². The SMILES string of the molecule is CCO[C@]1(C(N)=O)CNCC2C=CN(CC)C(=O)NC21. The van der Waals surface area contributed by atoms with Crippen LogP contribution in [-0.2, 0) is 9.53 Å². The molecule has 112 valence electrons. The van der Waals surface area contributed by atoms with Crippen molar-refractivity contribution in [1.82, 2.24) is 15.5 Å². The Balaban J connectivity index is 2.35. The number of carbonyl (C=O) groups is 2. The van der Waals surface area contributed by atoms with Crippen molar-refractivity contribution in [3.05, 3.63) is 12.3 Å². The first-order valence-electron chi connectivity index (χ1n) is 6.95. The minimum atomic E-state index is -1.21. The lowest BCUT2D eigenvalue weighted by Crippen LogP contribution is -2.71. The van der Waals surface area contributed by atoms with Crippen LogP contribution in [-0.4, -0.2) is 54.7 Å². The van der Waals surface area contributed by atoms with E-state index in [-0.39, 0.29) is 11.9 Å². The Morgan fingerprint density at radius 3 is 2.95 bits per heavy atom. The van der Waals surface area contributed by atoms with Gasteiger partial charge in [-0.25, -0.2) is 4.79 Å². The maximum Gasteiger partial charge on any atom is 0.321 e. The first-order chi connectivity index (χ1) is 9.55. The van der Waals surface area contributed by atoms with Gasteiger partial charge in [0, 0.05) is 38.4 Å². The molecule has 2 unspecified atom stereocenters. The minimum Gasteiger partial charge on any atom is -0.367 e. The second-order valence-corrected chi connectivity index (χ2v) is 5.04. The lowest BCUT2D eigenvalue weighted by molar-refractivity contribution is -0.151. The van der Waals surface area contributed by atoms with E-state index >= 15 is 0 Å². The predicted octanol–water partition coefficient (Wildman–Crippen LogP) is -0.606. The third-order valence-electron chi connectivity index (χ3n) is 3.91. The molecular weight excluding hydrogens is 260 g/mol. The summed E-state index contributed by atoms with van der Waals surface area (Å²) in [5, 5.41) is 6.07. The highest BCUT2D eigenvalue weighted by Crippen LogP contribution is 2.28. The fourth-order valence-corrected chi connectivity index (χ4v) is 2.86. The number of rotatable bonds is 4. The van der Waals surface area contributed by atoms with E-state index in [4.69, 9.17) is 10.5 Å². The summed E-state index contributed by atoms with van der Waals surface area (Å²) in [4.78, 5) is 25.7. The maximum atomic E-state index is 12.2. The fraction of sp³-hybridized carbons (Fsp3) is 0.692. The number of hydrogen-bond acceptors (Lipinski definition) is 4. The molecule has 0 saturated carbocycles. The van der Waals surface area contributed by atoms with Crippen LogP contribution in [0.1, 0.15) is 13.8 Å². The number of nitrogens with two attached hydrogens (primary N) is 1. The summed E-state index contributed by atoms with van der Waals surface area (Å²) in [5.74, 6) is -0.594. The number of piperidine rings is 1. The molecule has 0 radical (unpaired) electrons. The molecule has 7 heteroatoms. The highest BCUT2D eigenvalue weighted by molar-refractivity contribution is 5.87. The monoisotopic (exact) mass is 282 g/mol. The van der Waals surface area contributed by atoms with Gasteiger partial charge < -0.3 is 26.0 Å². The normalized spacial score (nSPS) is 33.3. The van der Waals surface area contributed by atoms with Crippen LogP contribution in [0, 0.1) is 5.92 Å². The van der Waals surface area contributed by atoms with Crippen molar-refractivity contribution in [3.63, 3.8) is 0 Å². The van der Waals surface area contributed by atoms with Gasteiger partial charge in [-0.2, -0.15) is 0 Å². The van der Waals surface area contributed by atoms with E-state index in [0.29, 0.717) is 26.2 Å². The summed E-state index contributed by atoms with van der Waals surface area (Å²) < 4.78 is 5.67. The van der Waals surface area contributed by atoms with E-state index in [9.17, 15) is 9.59 Å². The van der Waals surface area contributed by atoms with E-state index in [1.54, 1.807) is 18.0 Å². The van der Waals surface area contributed by atoms with Gasteiger partial charge >= 0.3 is 6.03 Å². The molecule has 3 amide bonds. The van der Waals surface area contributed by atoms with E-state index in [0.717, 1.165) is 0 Å². The Bertz CT molecular complexity index is 422. The number of nitrogens with zero attached hydrogens (tertiary/aromatic N) is 1. The molecule has 3 atom stereocenters. The van der Waals surface area contributed by atoms with Crippen LogP contribution >= 0.6 is 0 Å². The molecule has 2 rings (SSSR count). The molecule has 0 spiro atoms. The van der Waals surface area contributed by atoms with Crippen molar-refractivity contribution < 1.29 is 14.3 Å². The minimum absolute atomic E-state index is 0.0386. The standard InChI is InChI=1S/C13H22N4O3/c1-3-17-6-5-9-7-15-8-13(11(14)18,20-4-2)10(9)16-12(17)19/h5-6,9-10,15H,3-4,7-8H2,1-2H3,(H2,14,18)(H,16,19)/t9?,10?,13-/m1/s1. The molecule has 0 aliphatic carbocycles. The zero-order valence-corrected chi connectivity index (χ0v) is 11.9. The van der Waals surface area contributed by atoms with Gasteiger partial charge in [-0.05, 0) is 13.8 Å². The summed E-state index contributed by atoms with van der Waals surface area (Å²) in [6.45, 7) is 5.58. The number of nitrogens with one attached hydrogen (secondary N) is 2. The Hall–Kier alpha value is -1.60. The van der Waals surface area contributed by atoms with Crippen LogP contribution in [0.4, 0.5) is 4.79 Å². The van der Waals surface area contributed by atoms with Gasteiger partial charge in [0.25, 0.3) is 5.91 Å². The smallest absolute Gasteiger partial charge is 0.321 e. The van der Waals surface area contributed by atoms with Crippen molar-refractivity contribution in [2.45, 2.75) is 25.5 Å². The third-order valence-corrected chi connectivity index (χ3v) is 3.91. The summed E-state index contributed by atoms with van der Waals surface area (Å²) in [5.41, 5.74) is 4.36. The van der Waals surface area contributed by atoms with Crippen molar-refractivity contribution in [2.75, 3.05) is 26.2 Å². The predicted molar refractivity (Wildman–Crippen MR) is 73.8 cm³/mol. The Morgan fingerprint density at radius 2 is 2.35 bits per heavy atom. The highest BCUT2D eigenvalue weighted by Gasteiger charge is 2.52. The fourth-order valence-electron chi connectivity index (χ4n) is 2.86. The second-order valence-electron chi connectivity index (χ2n) is 5.04. The molecular formula is C13H22N4O3. The zero-order chi connectivity index (χ0) is 14.8. The summed E-state index contributed by atoms with van der Waals surface area (Å²) >= 11 is 0. The van der Waals surface area contributed by atoms with Crippen molar-refractivity contribution in [2.24, 2.45) is 11.7 Å². The number of fused-ring (bicyclic) bond motifs is 1. The molecule has 0 aromatic heterocycles. The zero-order valence-electron chi connectivity index (χ0n) is 11.9. The number of urea groups is 1. The van der Waals surface area contributed by atoms with E-state index in [1.807, 2.05) is 13.0 Å². The lowest BCUT2D eigenvalue weighted by Gasteiger charge is -2.44. The quantitative estimate of drug-likeness (QED) is 0.641. The van der Waals surface area contributed by atoms with Crippen molar-refractivity contribution in [3.8, 4) is 0 Å². The van der Waals surface area contributed by atoms with Gasteiger partial charge in [-0.15, -0.1) is 0 Å². The second kappa shape index (κ2) is 5.80. The Labute approximate surface area is 118 Å². The van der Waals surface area contributed by atoms with E-state index in [1.165, 1.54) is 0 Å². The average molecular weight is 282 g/mol. The summed E-state index contributed by atoms with van der Waals surface area (Å²) in [7, 11) is 0. The molecule has 1 saturated heterocycles. The first-order valence-corrected chi connectivity index (χ1v) is 6.95. The maximum absolute atomic E-state index is 12.2. The van der Waals surface area contributed by atoms with Crippen LogP contribution in [0.15, 0.2) is 12.3 Å². The topological polar surface area (TPSA) is 96.7 Å². The van der Waals surface area contributed by atoms with Gasteiger partial charge in [0.15, 0.2) is 5.60 Å². The van der Waals surface area contributed by atoms with Gasteiger partial charge in [-0.3, -0.25) is 4.79 Å². The Morgan fingerprint density at radius 1 is 1.60 bits per heavy atom. The third kappa shape index (κ3) is 2.38. The number of primary amides is 1. The molecule has 2 aliphatic heterocycles. The average Bonchev–Trinajstić information content (AvgIpc) is 2.58. The number of amides is 3. The number of hydrogen-bond donors (Lipinski definition) is 3. The van der Waals surface area contributed by atoms with Gasteiger partial charge in [-0.1, -0.05) is 6.08 Å². The van der Waals surface area contributed by atoms with Crippen LogP contribution in [0.25, 0.3) is 0 Å². The lowest BCUT2D eigenvalue weighted by atomic mass is 9.80. The molecule has 1 fully saturated rings. The molecule has 7 nitrogen and oxygen atoms in total.